The van der Waals surface area contributed by atoms with Crippen molar-refractivity contribution < 1.29 is 5.11 Å². The SMILES string of the molecule is CCNC(=NCc1cccc(-n2cccn2)c1)NCCC(O)c1ccccc1.I. The fraction of sp³-hybridized carbons (Fsp3) is 0.273. The number of aliphatic imine (C=N–C) groups is 1. The molecule has 0 saturated carbocycles. The molecule has 3 aromatic rings. The average Bonchev–Trinajstić information content (AvgIpc) is 3.28. The molecule has 3 rings (SSSR count). The standard InChI is InChI=1S/C22H27N5O.HI/c1-2-23-22(24-14-12-21(28)19-9-4-3-5-10-19)25-17-18-8-6-11-20(16-18)27-15-7-13-26-27;/h3-11,13,15-16,21,28H,2,12,14,17H2,1H3,(H2,23,24,25);1H. The van der Waals surface area contributed by atoms with Crippen LogP contribution < -0.4 is 10.6 Å². The zero-order valence-corrected chi connectivity index (χ0v) is 18.9. The van der Waals surface area contributed by atoms with Crippen molar-refractivity contribution in [2.45, 2.75) is 26.0 Å². The summed E-state index contributed by atoms with van der Waals surface area (Å²) >= 11 is 0. The Hall–Kier alpha value is -2.39. The molecule has 29 heavy (non-hydrogen) atoms. The predicted molar refractivity (Wildman–Crippen MR) is 128 cm³/mol. The van der Waals surface area contributed by atoms with E-state index in [9.17, 15) is 5.11 Å². The Kier molecular flexibility index (Phi) is 9.66. The highest BCUT2D eigenvalue weighted by molar-refractivity contribution is 14.0. The number of aliphatic hydroxyl groups excluding tert-OH is 1. The van der Waals surface area contributed by atoms with Crippen molar-refractivity contribution in [1.82, 2.24) is 20.4 Å². The number of nitrogens with zero attached hydrogens (tertiary/aromatic N) is 3. The second-order valence-corrected chi connectivity index (χ2v) is 6.46. The molecule has 0 amide bonds. The van der Waals surface area contributed by atoms with Gasteiger partial charge in [0.2, 0.25) is 0 Å². The van der Waals surface area contributed by atoms with Gasteiger partial charge in [0.1, 0.15) is 0 Å². The largest absolute Gasteiger partial charge is 0.388 e. The van der Waals surface area contributed by atoms with Crippen molar-refractivity contribution in [3.63, 3.8) is 0 Å². The summed E-state index contributed by atoms with van der Waals surface area (Å²) in [5.74, 6) is 0.743. The molecule has 154 valence electrons. The molecular formula is C22H28IN5O. The van der Waals surface area contributed by atoms with Crippen LogP contribution in [0.1, 0.15) is 30.6 Å². The van der Waals surface area contributed by atoms with Crippen LogP contribution in [0, 0.1) is 0 Å². The Morgan fingerprint density at radius 1 is 1.10 bits per heavy atom. The third-order valence-electron chi connectivity index (χ3n) is 4.34. The van der Waals surface area contributed by atoms with Crippen molar-refractivity contribution in [2.75, 3.05) is 13.1 Å². The zero-order valence-electron chi connectivity index (χ0n) is 16.5. The van der Waals surface area contributed by atoms with E-state index < -0.39 is 6.10 Å². The third kappa shape index (κ3) is 7.17. The summed E-state index contributed by atoms with van der Waals surface area (Å²) < 4.78 is 1.83. The fourth-order valence-electron chi connectivity index (χ4n) is 2.90. The second-order valence-electron chi connectivity index (χ2n) is 6.46. The Morgan fingerprint density at radius 3 is 2.66 bits per heavy atom. The summed E-state index contributed by atoms with van der Waals surface area (Å²) in [7, 11) is 0. The first-order chi connectivity index (χ1) is 13.8. The molecule has 1 aromatic heterocycles. The normalized spacial score (nSPS) is 12.1. The van der Waals surface area contributed by atoms with E-state index in [1.807, 2.05) is 66.3 Å². The lowest BCUT2D eigenvalue weighted by Crippen LogP contribution is -2.38. The van der Waals surface area contributed by atoms with Gasteiger partial charge < -0.3 is 15.7 Å². The van der Waals surface area contributed by atoms with Crippen LogP contribution in [-0.4, -0.2) is 33.9 Å². The van der Waals surface area contributed by atoms with Crippen molar-refractivity contribution >= 4 is 29.9 Å². The van der Waals surface area contributed by atoms with E-state index in [0.29, 0.717) is 19.5 Å². The van der Waals surface area contributed by atoms with Crippen molar-refractivity contribution in [3.05, 3.63) is 84.2 Å². The van der Waals surface area contributed by atoms with Crippen LogP contribution in [0.25, 0.3) is 5.69 Å². The van der Waals surface area contributed by atoms with Gasteiger partial charge in [0.15, 0.2) is 5.96 Å². The highest BCUT2D eigenvalue weighted by Crippen LogP contribution is 2.15. The zero-order chi connectivity index (χ0) is 19.6. The average molecular weight is 505 g/mol. The minimum absolute atomic E-state index is 0. The van der Waals surface area contributed by atoms with Crippen LogP contribution in [0.2, 0.25) is 0 Å². The van der Waals surface area contributed by atoms with Crippen molar-refractivity contribution in [3.8, 4) is 5.69 Å². The van der Waals surface area contributed by atoms with Gasteiger partial charge in [0.25, 0.3) is 0 Å². The molecule has 1 unspecified atom stereocenters. The molecule has 3 N–H and O–H groups in total. The summed E-state index contributed by atoms with van der Waals surface area (Å²) in [6.07, 6.45) is 3.82. The molecule has 0 saturated heterocycles. The molecule has 6 nitrogen and oxygen atoms in total. The van der Waals surface area contributed by atoms with Gasteiger partial charge in [-0.1, -0.05) is 42.5 Å². The van der Waals surface area contributed by atoms with E-state index in [-0.39, 0.29) is 24.0 Å². The molecule has 0 spiro atoms. The molecule has 0 fully saturated rings. The third-order valence-corrected chi connectivity index (χ3v) is 4.34. The lowest BCUT2D eigenvalue weighted by molar-refractivity contribution is 0.168. The van der Waals surface area contributed by atoms with Crippen LogP contribution in [-0.2, 0) is 6.54 Å². The lowest BCUT2D eigenvalue weighted by Gasteiger charge is -2.14. The van der Waals surface area contributed by atoms with Crippen molar-refractivity contribution in [2.24, 2.45) is 4.99 Å². The Morgan fingerprint density at radius 2 is 1.93 bits per heavy atom. The van der Waals surface area contributed by atoms with Crippen LogP contribution in [0.4, 0.5) is 0 Å². The molecule has 0 radical (unpaired) electrons. The van der Waals surface area contributed by atoms with E-state index in [2.05, 4.69) is 32.9 Å². The Bertz CT molecular complexity index is 868. The molecule has 0 aliphatic rings. The minimum atomic E-state index is -0.484. The molecule has 0 aliphatic carbocycles. The molecule has 7 heteroatoms. The Labute approximate surface area is 189 Å². The van der Waals surface area contributed by atoms with Crippen molar-refractivity contribution in [1.29, 1.82) is 0 Å². The number of aromatic nitrogens is 2. The molecule has 0 bridgehead atoms. The monoisotopic (exact) mass is 505 g/mol. The number of guanidine groups is 1. The number of hydrogen-bond acceptors (Lipinski definition) is 3. The number of benzene rings is 2. The van der Waals surface area contributed by atoms with Crippen LogP contribution in [0.3, 0.4) is 0 Å². The van der Waals surface area contributed by atoms with Gasteiger partial charge in [-0.3, -0.25) is 0 Å². The quantitative estimate of drug-likeness (QED) is 0.248. The number of aliphatic hydroxyl groups is 1. The number of nitrogens with one attached hydrogen (secondary N) is 2. The minimum Gasteiger partial charge on any atom is -0.388 e. The number of hydrogen-bond donors (Lipinski definition) is 3. The summed E-state index contributed by atoms with van der Waals surface area (Å²) in [6.45, 7) is 4.01. The first-order valence-corrected chi connectivity index (χ1v) is 9.60. The Balaban J connectivity index is 0.00000300. The maximum absolute atomic E-state index is 10.3. The smallest absolute Gasteiger partial charge is 0.191 e. The van der Waals surface area contributed by atoms with Gasteiger partial charge in [0, 0.05) is 25.5 Å². The van der Waals surface area contributed by atoms with Gasteiger partial charge in [-0.2, -0.15) is 5.10 Å². The highest BCUT2D eigenvalue weighted by Gasteiger charge is 2.07. The van der Waals surface area contributed by atoms with Crippen LogP contribution >= 0.6 is 24.0 Å². The van der Waals surface area contributed by atoms with Gasteiger partial charge in [0.05, 0.1) is 18.3 Å². The molecule has 0 aliphatic heterocycles. The first kappa shape index (κ1) is 22.9. The van der Waals surface area contributed by atoms with Gasteiger partial charge >= 0.3 is 0 Å². The lowest BCUT2D eigenvalue weighted by atomic mass is 10.1. The van der Waals surface area contributed by atoms with Crippen LogP contribution in [0.5, 0.6) is 0 Å². The summed E-state index contributed by atoms with van der Waals surface area (Å²) in [5, 5.41) is 21.1. The molecule has 1 atom stereocenters. The number of rotatable bonds is 8. The second kappa shape index (κ2) is 12.2. The maximum atomic E-state index is 10.3. The molecule has 2 aromatic carbocycles. The van der Waals surface area contributed by atoms with Gasteiger partial charge in [-0.25, -0.2) is 9.67 Å². The van der Waals surface area contributed by atoms with E-state index in [0.717, 1.165) is 29.3 Å². The fourth-order valence-corrected chi connectivity index (χ4v) is 2.90. The summed E-state index contributed by atoms with van der Waals surface area (Å²) in [4.78, 5) is 4.66. The topological polar surface area (TPSA) is 74.5 Å². The number of halogens is 1. The first-order valence-electron chi connectivity index (χ1n) is 9.60. The summed E-state index contributed by atoms with van der Waals surface area (Å²) in [5.41, 5.74) is 3.05. The maximum Gasteiger partial charge on any atom is 0.191 e. The van der Waals surface area contributed by atoms with E-state index in [1.165, 1.54) is 0 Å². The van der Waals surface area contributed by atoms with Gasteiger partial charge in [-0.15, -0.1) is 24.0 Å². The van der Waals surface area contributed by atoms with E-state index in [4.69, 9.17) is 0 Å². The predicted octanol–water partition coefficient (Wildman–Crippen LogP) is 3.67. The van der Waals surface area contributed by atoms with Crippen LogP contribution in [0.15, 0.2) is 78.0 Å². The van der Waals surface area contributed by atoms with E-state index in [1.54, 1.807) is 6.20 Å². The molecule has 1 heterocycles. The molecular weight excluding hydrogens is 477 g/mol. The van der Waals surface area contributed by atoms with Gasteiger partial charge in [-0.05, 0) is 42.7 Å². The highest BCUT2D eigenvalue weighted by atomic mass is 127. The van der Waals surface area contributed by atoms with E-state index >= 15 is 0 Å². The summed E-state index contributed by atoms with van der Waals surface area (Å²) in [6, 6.07) is 19.8.